The maximum atomic E-state index is 12.4. The molecule has 1 N–H and O–H groups in total. The molecular formula is C19H29N3O3S. The number of carbonyl (C=O) groups excluding carboxylic acids is 1. The van der Waals surface area contributed by atoms with Crippen LogP contribution in [0, 0.1) is 0 Å². The van der Waals surface area contributed by atoms with Crippen molar-refractivity contribution in [3.63, 3.8) is 0 Å². The molecule has 3 rings (SSSR count). The third kappa shape index (κ3) is 4.90. The second-order valence-electron chi connectivity index (χ2n) is 7.39. The maximum absolute atomic E-state index is 12.4. The van der Waals surface area contributed by atoms with Gasteiger partial charge in [-0.15, -0.1) is 0 Å². The van der Waals surface area contributed by atoms with Gasteiger partial charge in [-0.25, -0.2) is 8.42 Å². The number of sulfonamides is 1. The first-order valence-electron chi connectivity index (χ1n) is 9.59. The minimum absolute atomic E-state index is 0.121. The fourth-order valence-electron chi connectivity index (χ4n) is 3.82. The third-order valence-electron chi connectivity index (χ3n) is 5.30. The van der Waals surface area contributed by atoms with Crippen molar-refractivity contribution in [1.82, 2.24) is 4.90 Å². The molecule has 2 fully saturated rings. The molecule has 0 aromatic heterocycles. The van der Waals surface area contributed by atoms with E-state index in [0.29, 0.717) is 12.2 Å². The van der Waals surface area contributed by atoms with Crippen molar-refractivity contribution in [1.29, 1.82) is 0 Å². The lowest BCUT2D eigenvalue weighted by molar-refractivity contribution is -0.131. The van der Waals surface area contributed by atoms with Crippen LogP contribution in [0.15, 0.2) is 24.3 Å². The zero-order valence-corrected chi connectivity index (χ0v) is 16.3. The number of rotatable bonds is 5. The van der Waals surface area contributed by atoms with Crippen LogP contribution in [0.3, 0.4) is 0 Å². The van der Waals surface area contributed by atoms with E-state index in [2.05, 4.69) is 9.62 Å². The molecule has 1 aromatic rings. The van der Waals surface area contributed by atoms with Crippen LogP contribution in [-0.2, 0) is 14.8 Å². The Kier molecular flexibility index (Phi) is 6.06. The summed E-state index contributed by atoms with van der Waals surface area (Å²) in [5, 5.41) is 0. The lowest BCUT2D eigenvalue weighted by Gasteiger charge is -2.33. The molecule has 26 heavy (non-hydrogen) atoms. The van der Waals surface area contributed by atoms with Crippen LogP contribution < -0.4 is 9.62 Å². The summed E-state index contributed by atoms with van der Waals surface area (Å²) in [6.45, 7) is 4.73. The van der Waals surface area contributed by atoms with E-state index in [1.54, 1.807) is 17.0 Å². The van der Waals surface area contributed by atoms with Gasteiger partial charge in [0.25, 0.3) is 0 Å². The SMILES string of the molecule is C[C@H]1CCCCN1C(=O)CS(=O)(=O)Nc1ccc(N2CCCCC2)cc1. The van der Waals surface area contributed by atoms with E-state index in [-0.39, 0.29) is 11.9 Å². The smallest absolute Gasteiger partial charge is 0.241 e. The second kappa shape index (κ2) is 8.29. The lowest BCUT2D eigenvalue weighted by Crippen LogP contribution is -2.45. The third-order valence-corrected chi connectivity index (χ3v) is 6.47. The Hall–Kier alpha value is -1.76. The van der Waals surface area contributed by atoms with Crippen LogP contribution in [0.1, 0.15) is 45.4 Å². The van der Waals surface area contributed by atoms with Gasteiger partial charge in [-0.3, -0.25) is 9.52 Å². The molecule has 144 valence electrons. The van der Waals surface area contributed by atoms with Gasteiger partial charge in [-0.2, -0.15) is 0 Å². The molecule has 0 spiro atoms. The first kappa shape index (κ1) is 19.0. The maximum Gasteiger partial charge on any atom is 0.241 e. The second-order valence-corrected chi connectivity index (χ2v) is 9.11. The molecule has 6 nitrogen and oxygen atoms in total. The average Bonchev–Trinajstić information content (AvgIpc) is 2.62. The van der Waals surface area contributed by atoms with Crippen molar-refractivity contribution >= 4 is 27.3 Å². The summed E-state index contributed by atoms with van der Waals surface area (Å²) in [5.74, 6) is -0.805. The zero-order chi connectivity index (χ0) is 18.6. The topological polar surface area (TPSA) is 69.7 Å². The van der Waals surface area contributed by atoms with Crippen molar-refractivity contribution in [2.75, 3.05) is 35.0 Å². The summed E-state index contributed by atoms with van der Waals surface area (Å²) < 4.78 is 27.3. The van der Waals surface area contributed by atoms with Crippen molar-refractivity contribution < 1.29 is 13.2 Å². The minimum Gasteiger partial charge on any atom is -0.372 e. The van der Waals surface area contributed by atoms with Gasteiger partial charge in [0.2, 0.25) is 15.9 Å². The summed E-state index contributed by atoms with van der Waals surface area (Å²) in [5.41, 5.74) is 1.62. The van der Waals surface area contributed by atoms with E-state index in [4.69, 9.17) is 0 Å². The van der Waals surface area contributed by atoms with Crippen LogP contribution >= 0.6 is 0 Å². The molecule has 1 aromatic carbocycles. The van der Waals surface area contributed by atoms with E-state index in [1.807, 2.05) is 19.1 Å². The van der Waals surface area contributed by atoms with Crippen LogP contribution in [0.4, 0.5) is 11.4 Å². The Morgan fingerprint density at radius 2 is 1.69 bits per heavy atom. The van der Waals surface area contributed by atoms with Crippen molar-refractivity contribution in [3.8, 4) is 0 Å². The summed E-state index contributed by atoms with van der Waals surface area (Å²) in [6, 6.07) is 7.55. The van der Waals surface area contributed by atoms with E-state index in [9.17, 15) is 13.2 Å². The first-order chi connectivity index (χ1) is 12.4. The normalized spacial score (nSPS) is 21.5. The quantitative estimate of drug-likeness (QED) is 0.854. The molecule has 2 aliphatic heterocycles. The highest BCUT2D eigenvalue weighted by molar-refractivity contribution is 7.93. The monoisotopic (exact) mass is 379 g/mol. The predicted octanol–water partition coefficient (Wildman–Crippen LogP) is 2.82. The highest BCUT2D eigenvalue weighted by Crippen LogP contribution is 2.22. The van der Waals surface area contributed by atoms with E-state index in [0.717, 1.165) is 38.0 Å². The predicted molar refractivity (Wildman–Crippen MR) is 105 cm³/mol. The Morgan fingerprint density at radius 3 is 2.35 bits per heavy atom. The summed E-state index contributed by atoms with van der Waals surface area (Å²) in [6.07, 6.45) is 6.66. The number of hydrogen-bond acceptors (Lipinski definition) is 4. The summed E-state index contributed by atoms with van der Waals surface area (Å²) >= 11 is 0. The summed E-state index contributed by atoms with van der Waals surface area (Å²) in [4.78, 5) is 16.4. The molecule has 0 unspecified atom stereocenters. The Labute approximate surface area is 156 Å². The number of piperidine rings is 2. The highest BCUT2D eigenvalue weighted by Gasteiger charge is 2.27. The molecule has 2 heterocycles. The van der Waals surface area contributed by atoms with Crippen LogP contribution in [0.25, 0.3) is 0 Å². The zero-order valence-electron chi connectivity index (χ0n) is 15.5. The number of hydrogen-bond donors (Lipinski definition) is 1. The Balaban J connectivity index is 1.59. The van der Waals surface area contributed by atoms with Crippen molar-refractivity contribution in [2.24, 2.45) is 0 Å². The van der Waals surface area contributed by atoms with Gasteiger partial charge in [0, 0.05) is 37.1 Å². The largest absolute Gasteiger partial charge is 0.372 e. The lowest BCUT2D eigenvalue weighted by atomic mass is 10.0. The molecule has 7 heteroatoms. The molecule has 0 radical (unpaired) electrons. The molecule has 0 aliphatic carbocycles. The van der Waals surface area contributed by atoms with Gasteiger partial charge in [-0.05, 0) is 69.7 Å². The Morgan fingerprint density at radius 1 is 1.04 bits per heavy atom. The highest BCUT2D eigenvalue weighted by atomic mass is 32.2. The van der Waals surface area contributed by atoms with E-state index >= 15 is 0 Å². The van der Waals surface area contributed by atoms with Crippen LogP contribution in [0.5, 0.6) is 0 Å². The van der Waals surface area contributed by atoms with Crippen molar-refractivity contribution in [3.05, 3.63) is 24.3 Å². The van der Waals surface area contributed by atoms with Crippen LogP contribution in [0.2, 0.25) is 0 Å². The van der Waals surface area contributed by atoms with Gasteiger partial charge in [0.05, 0.1) is 0 Å². The van der Waals surface area contributed by atoms with E-state index < -0.39 is 15.8 Å². The standard InChI is InChI=1S/C19H29N3O3S/c1-16-7-3-6-14-22(16)19(23)15-26(24,25)20-17-8-10-18(11-9-17)21-12-4-2-5-13-21/h8-11,16,20H,2-7,12-15H2,1H3/t16-/m0/s1. The molecule has 1 amide bonds. The van der Waals surface area contributed by atoms with Gasteiger partial charge in [-0.1, -0.05) is 0 Å². The number of carbonyl (C=O) groups is 1. The van der Waals surface area contributed by atoms with Gasteiger partial charge >= 0.3 is 0 Å². The molecule has 0 bridgehead atoms. The fraction of sp³-hybridized carbons (Fsp3) is 0.632. The number of amides is 1. The number of nitrogens with one attached hydrogen (secondary N) is 1. The van der Waals surface area contributed by atoms with Gasteiger partial charge in [0.15, 0.2) is 0 Å². The molecule has 0 saturated carbocycles. The van der Waals surface area contributed by atoms with E-state index in [1.165, 1.54) is 19.3 Å². The molecule has 1 atom stereocenters. The van der Waals surface area contributed by atoms with Gasteiger partial charge < -0.3 is 9.80 Å². The summed E-state index contributed by atoms with van der Waals surface area (Å²) in [7, 11) is -3.70. The van der Waals surface area contributed by atoms with Gasteiger partial charge in [0.1, 0.15) is 5.75 Å². The molecule has 2 aliphatic rings. The fourth-order valence-corrected chi connectivity index (χ4v) is 4.88. The number of benzene rings is 1. The average molecular weight is 380 g/mol. The number of anilines is 2. The number of nitrogens with zero attached hydrogens (tertiary/aromatic N) is 2. The first-order valence-corrected chi connectivity index (χ1v) is 11.2. The molecular weight excluding hydrogens is 350 g/mol. The van der Waals surface area contributed by atoms with Crippen LogP contribution in [-0.4, -0.2) is 50.7 Å². The minimum atomic E-state index is -3.70. The number of likely N-dealkylation sites (tertiary alicyclic amines) is 1. The Bertz CT molecular complexity index is 712. The molecule has 2 saturated heterocycles. The van der Waals surface area contributed by atoms with Crippen molar-refractivity contribution in [2.45, 2.75) is 51.5 Å².